The number of aromatic nitrogens is 2. The van der Waals surface area contributed by atoms with E-state index in [2.05, 4.69) is 9.97 Å². The van der Waals surface area contributed by atoms with Crippen molar-refractivity contribution in [3.8, 4) is 17.2 Å². The van der Waals surface area contributed by atoms with Gasteiger partial charge in [-0.2, -0.15) is 0 Å². The number of ether oxygens (including phenoxy) is 2. The lowest BCUT2D eigenvalue weighted by atomic mass is 9.86. The number of aliphatic hydroxyl groups is 5. The molecule has 15 heteroatoms. The third kappa shape index (κ3) is 5.89. The second-order valence-electron chi connectivity index (χ2n) is 13.0. The minimum absolute atomic E-state index is 0.0258. The number of anilines is 1. The highest BCUT2D eigenvalue weighted by atomic mass is 16.7. The number of aryl methyl sites for hydroxylation is 1. The van der Waals surface area contributed by atoms with Crippen molar-refractivity contribution < 1.29 is 59.9 Å². The van der Waals surface area contributed by atoms with Crippen molar-refractivity contribution in [2.24, 2.45) is 0 Å². The third-order valence-corrected chi connectivity index (χ3v) is 9.97. The van der Waals surface area contributed by atoms with Gasteiger partial charge in [-0.05, 0) is 61.1 Å². The van der Waals surface area contributed by atoms with E-state index in [1.165, 1.54) is 24.3 Å². The SMILES string of the molecule is CCc1nc[nH]c1Cc1cc(C=CC(=O)N2c3c(cc(O)c4c3CCC3(O4)OC(CO)C(O)C(O)C3O)CC2(CCCO)C(=O)O)ccc1O. The van der Waals surface area contributed by atoms with Gasteiger partial charge in [-0.3, -0.25) is 9.69 Å². The Morgan fingerprint density at radius 3 is 2.60 bits per heavy atom. The molecule has 6 unspecified atom stereocenters. The first-order chi connectivity index (χ1) is 23.9. The molecule has 1 spiro atoms. The first-order valence-corrected chi connectivity index (χ1v) is 16.5. The van der Waals surface area contributed by atoms with E-state index < -0.39 is 60.0 Å². The van der Waals surface area contributed by atoms with Gasteiger partial charge in [-0.1, -0.05) is 13.0 Å². The number of H-pyrrole nitrogens is 1. The van der Waals surface area contributed by atoms with Gasteiger partial charge < -0.3 is 55.3 Å². The van der Waals surface area contributed by atoms with Gasteiger partial charge in [0.15, 0.2) is 11.5 Å². The van der Waals surface area contributed by atoms with Crippen molar-refractivity contribution in [2.45, 2.75) is 87.6 Å². The molecule has 9 N–H and O–H groups in total. The molecule has 0 aliphatic carbocycles. The number of nitrogens with zero attached hydrogens (tertiary/aromatic N) is 2. The van der Waals surface area contributed by atoms with Crippen LogP contribution in [0.25, 0.3) is 6.08 Å². The summed E-state index contributed by atoms with van der Waals surface area (Å²) < 4.78 is 11.8. The normalized spacial score (nSPS) is 27.4. The number of phenolic OH excluding ortho intramolecular Hbond substituents is 2. The number of carboxylic acid groups (broad SMARTS) is 1. The monoisotopic (exact) mass is 695 g/mol. The highest BCUT2D eigenvalue weighted by Crippen LogP contribution is 2.54. The summed E-state index contributed by atoms with van der Waals surface area (Å²) in [4.78, 5) is 35.8. The fourth-order valence-corrected chi connectivity index (χ4v) is 7.41. The number of amides is 1. The number of phenols is 2. The van der Waals surface area contributed by atoms with Gasteiger partial charge in [-0.25, -0.2) is 9.78 Å². The van der Waals surface area contributed by atoms with E-state index in [-0.39, 0.29) is 61.5 Å². The highest BCUT2D eigenvalue weighted by Gasteiger charge is 2.59. The number of imidazole rings is 1. The quantitative estimate of drug-likeness (QED) is 0.133. The second-order valence-corrected chi connectivity index (χ2v) is 13.0. The topological polar surface area (TPSA) is 246 Å². The Bertz CT molecular complexity index is 1810. The molecule has 3 aliphatic heterocycles. The predicted molar refractivity (Wildman–Crippen MR) is 176 cm³/mol. The van der Waals surface area contributed by atoms with Crippen molar-refractivity contribution in [1.29, 1.82) is 0 Å². The van der Waals surface area contributed by atoms with E-state index in [1.54, 1.807) is 18.5 Å². The van der Waals surface area contributed by atoms with Gasteiger partial charge in [-0.15, -0.1) is 0 Å². The molecule has 1 saturated heterocycles. The fourth-order valence-electron chi connectivity index (χ4n) is 7.41. The van der Waals surface area contributed by atoms with Crippen LogP contribution < -0.4 is 9.64 Å². The van der Waals surface area contributed by atoms with Crippen LogP contribution in [0.3, 0.4) is 0 Å². The van der Waals surface area contributed by atoms with E-state index in [0.717, 1.165) is 16.3 Å². The Balaban J connectivity index is 1.39. The van der Waals surface area contributed by atoms with Crippen molar-refractivity contribution in [1.82, 2.24) is 9.97 Å². The molecule has 3 aromatic rings. The number of carboxylic acids is 1. The number of carbonyl (C=O) groups excluding carboxylic acids is 1. The van der Waals surface area contributed by atoms with Crippen LogP contribution in [0.15, 0.2) is 36.7 Å². The lowest BCUT2D eigenvalue weighted by Gasteiger charge is -2.50. The summed E-state index contributed by atoms with van der Waals surface area (Å²) in [6.07, 6.45) is -1.56. The van der Waals surface area contributed by atoms with E-state index in [9.17, 15) is 50.4 Å². The maximum absolute atomic E-state index is 14.2. The number of carbonyl (C=O) groups is 2. The molecule has 6 atom stereocenters. The number of fused-ring (bicyclic) bond motifs is 3. The van der Waals surface area contributed by atoms with Crippen LogP contribution in [-0.2, 0) is 40.0 Å². The molecule has 268 valence electrons. The maximum atomic E-state index is 14.2. The number of aliphatic hydroxyl groups excluding tert-OH is 5. The Kier molecular flexibility index (Phi) is 9.65. The maximum Gasteiger partial charge on any atom is 0.330 e. The average Bonchev–Trinajstić information content (AvgIpc) is 3.70. The van der Waals surface area contributed by atoms with Crippen LogP contribution in [-0.4, -0.2) is 112 Å². The van der Waals surface area contributed by atoms with Gasteiger partial charge in [0.1, 0.15) is 35.7 Å². The Labute approximate surface area is 286 Å². The van der Waals surface area contributed by atoms with Gasteiger partial charge in [0.2, 0.25) is 5.79 Å². The first-order valence-electron chi connectivity index (χ1n) is 16.5. The fraction of sp³-hybridized carbons (Fsp3) is 0.457. The summed E-state index contributed by atoms with van der Waals surface area (Å²) in [5, 5.41) is 83.5. The van der Waals surface area contributed by atoms with Crippen LogP contribution in [0.4, 0.5) is 5.69 Å². The van der Waals surface area contributed by atoms with Crippen LogP contribution in [0, 0.1) is 0 Å². The molecule has 6 rings (SSSR count). The van der Waals surface area contributed by atoms with Gasteiger partial charge in [0, 0.05) is 48.8 Å². The third-order valence-electron chi connectivity index (χ3n) is 9.97. The number of benzene rings is 2. The molecule has 1 amide bonds. The molecule has 0 radical (unpaired) electrons. The van der Waals surface area contributed by atoms with Crippen molar-refractivity contribution in [2.75, 3.05) is 18.1 Å². The Morgan fingerprint density at radius 1 is 1.12 bits per heavy atom. The standard InChI is InChI=1S/C35H41N3O12/c1-2-22-23(37-17-36-22)13-19-12-18(4-6-24(19)41)5-7-27(43)38-28-20(15-34(38,33(47)48)9-3-11-39)14-25(42)31-21(28)8-10-35(50-31)32(46)30(45)29(44)26(16-40)49-35/h4-7,12,14,17,26,29-30,32,39-42,44-46H,2-3,8-11,13,15-16H2,1H3,(H,36,37)(H,47,48). The number of aromatic amines is 1. The van der Waals surface area contributed by atoms with E-state index in [4.69, 9.17) is 9.47 Å². The predicted octanol–water partition coefficient (Wildman–Crippen LogP) is 0.668. The zero-order valence-electron chi connectivity index (χ0n) is 27.3. The minimum atomic E-state index is -1.98. The second kappa shape index (κ2) is 13.7. The molecule has 0 bridgehead atoms. The Hall–Kier alpha value is -4.51. The Morgan fingerprint density at radius 2 is 1.90 bits per heavy atom. The molecule has 3 aliphatic rings. The number of aromatic hydroxyl groups is 2. The molecular weight excluding hydrogens is 654 g/mol. The molecule has 0 saturated carbocycles. The van der Waals surface area contributed by atoms with Crippen molar-refractivity contribution in [3.05, 3.63) is 70.3 Å². The highest BCUT2D eigenvalue weighted by molar-refractivity contribution is 6.11. The number of nitrogens with one attached hydrogen (secondary N) is 1. The lowest BCUT2D eigenvalue weighted by Crippen LogP contribution is -2.68. The molecule has 50 heavy (non-hydrogen) atoms. The molecule has 2 aromatic carbocycles. The van der Waals surface area contributed by atoms with E-state index in [1.807, 2.05) is 6.92 Å². The van der Waals surface area contributed by atoms with Crippen LogP contribution in [0.5, 0.6) is 17.2 Å². The molecular formula is C35H41N3O12. The summed E-state index contributed by atoms with van der Waals surface area (Å²) in [7, 11) is 0. The van der Waals surface area contributed by atoms with Crippen molar-refractivity contribution in [3.63, 3.8) is 0 Å². The molecule has 15 nitrogen and oxygen atoms in total. The number of rotatable bonds is 10. The average molecular weight is 696 g/mol. The first kappa shape index (κ1) is 35.3. The smallest absolute Gasteiger partial charge is 0.330 e. The summed E-state index contributed by atoms with van der Waals surface area (Å²) >= 11 is 0. The van der Waals surface area contributed by atoms with Gasteiger partial charge in [0.05, 0.1) is 24.3 Å². The molecule has 1 fully saturated rings. The molecule has 4 heterocycles. The summed E-state index contributed by atoms with van der Waals surface area (Å²) in [5.41, 5.74) is 1.77. The zero-order chi connectivity index (χ0) is 36.0. The summed E-state index contributed by atoms with van der Waals surface area (Å²) in [5.74, 6) is -4.60. The number of hydrogen-bond donors (Lipinski definition) is 9. The van der Waals surface area contributed by atoms with Crippen LogP contribution in [0.2, 0.25) is 0 Å². The van der Waals surface area contributed by atoms with Gasteiger partial charge >= 0.3 is 5.97 Å². The van der Waals surface area contributed by atoms with Crippen LogP contribution in [0.1, 0.15) is 59.8 Å². The van der Waals surface area contributed by atoms with Crippen molar-refractivity contribution >= 4 is 23.6 Å². The number of aliphatic carboxylic acids is 1. The summed E-state index contributed by atoms with van der Waals surface area (Å²) in [6.45, 7) is 0.932. The van der Waals surface area contributed by atoms with E-state index in [0.29, 0.717) is 29.5 Å². The largest absolute Gasteiger partial charge is 0.508 e. The van der Waals surface area contributed by atoms with Crippen LogP contribution >= 0.6 is 0 Å². The number of hydrogen-bond acceptors (Lipinski definition) is 12. The van der Waals surface area contributed by atoms with Gasteiger partial charge in [0.25, 0.3) is 5.91 Å². The molecule has 1 aromatic heterocycles. The minimum Gasteiger partial charge on any atom is -0.508 e. The summed E-state index contributed by atoms with van der Waals surface area (Å²) in [6, 6.07) is 6.09. The van der Waals surface area contributed by atoms with E-state index >= 15 is 0 Å². The zero-order valence-corrected chi connectivity index (χ0v) is 27.3. The lowest BCUT2D eigenvalue weighted by molar-refractivity contribution is -0.342.